The van der Waals surface area contributed by atoms with Gasteiger partial charge in [0.2, 0.25) is 0 Å². The van der Waals surface area contributed by atoms with E-state index in [-0.39, 0.29) is 0 Å². The van der Waals surface area contributed by atoms with Crippen LogP contribution in [0.15, 0.2) is 53.5 Å². The van der Waals surface area contributed by atoms with Crippen LogP contribution in [-0.2, 0) is 6.42 Å². The molecule has 0 radical (unpaired) electrons. The van der Waals surface area contributed by atoms with E-state index in [1.165, 1.54) is 5.56 Å². The maximum atomic E-state index is 6.24. The lowest BCUT2D eigenvalue weighted by molar-refractivity contribution is 0.762. The quantitative estimate of drug-likeness (QED) is 0.690. The third kappa shape index (κ3) is 4.14. The van der Waals surface area contributed by atoms with Crippen molar-refractivity contribution in [3.05, 3.63) is 62.7 Å². The number of benzene rings is 2. The van der Waals surface area contributed by atoms with Crippen LogP contribution in [0, 0.1) is 3.57 Å². The van der Waals surface area contributed by atoms with Crippen LogP contribution >= 0.6 is 46.0 Å². The second kappa shape index (κ2) is 7.03. The minimum atomic E-state index is 0.336. The summed E-state index contributed by atoms with van der Waals surface area (Å²) in [6, 6.07) is 16.8. The van der Waals surface area contributed by atoms with Crippen LogP contribution in [0.2, 0.25) is 5.02 Å². The average molecular weight is 429 g/mol. The molecule has 1 aliphatic heterocycles. The topological polar surface area (TPSA) is 24.4 Å². The van der Waals surface area contributed by atoms with Gasteiger partial charge in [0.05, 0.1) is 16.8 Å². The molecule has 0 aromatic heterocycles. The fraction of sp³-hybridized carbons (Fsp3) is 0.188. The van der Waals surface area contributed by atoms with Crippen molar-refractivity contribution in [1.29, 1.82) is 0 Å². The van der Waals surface area contributed by atoms with E-state index in [9.17, 15) is 0 Å². The maximum Gasteiger partial charge on any atom is 0.161 e. The lowest BCUT2D eigenvalue weighted by Gasteiger charge is -2.07. The molecule has 5 heteroatoms. The van der Waals surface area contributed by atoms with Crippen molar-refractivity contribution in [2.45, 2.75) is 12.5 Å². The summed E-state index contributed by atoms with van der Waals surface area (Å²) in [5.74, 6) is 1.01. The molecule has 1 N–H and O–H groups in total. The van der Waals surface area contributed by atoms with Crippen LogP contribution in [0.4, 0.5) is 5.69 Å². The molecule has 1 aliphatic rings. The average Bonchev–Trinajstić information content (AvgIpc) is 2.90. The Morgan fingerprint density at radius 1 is 1.24 bits per heavy atom. The van der Waals surface area contributed by atoms with Gasteiger partial charge in [-0.25, -0.2) is 0 Å². The van der Waals surface area contributed by atoms with Gasteiger partial charge in [-0.2, -0.15) is 0 Å². The molecule has 2 nitrogen and oxygen atoms in total. The Labute approximate surface area is 147 Å². The van der Waals surface area contributed by atoms with Gasteiger partial charge in [-0.3, -0.25) is 4.99 Å². The molecule has 108 valence electrons. The van der Waals surface area contributed by atoms with Crippen molar-refractivity contribution in [2.24, 2.45) is 4.99 Å². The van der Waals surface area contributed by atoms with E-state index in [1.54, 1.807) is 11.8 Å². The number of anilines is 1. The number of amidine groups is 1. The summed E-state index contributed by atoms with van der Waals surface area (Å²) in [5.41, 5.74) is 2.25. The Bertz CT molecular complexity index is 661. The van der Waals surface area contributed by atoms with Gasteiger partial charge in [-0.15, -0.1) is 0 Å². The zero-order valence-corrected chi connectivity index (χ0v) is 15.0. The summed E-state index contributed by atoms with van der Waals surface area (Å²) < 4.78 is 1.13. The number of aliphatic imine (C=N–C) groups is 1. The largest absolute Gasteiger partial charge is 0.334 e. The number of rotatable bonds is 3. The first-order valence-electron chi connectivity index (χ1n) is 6.67. The van der Waals surface area contributed by atoms with E-state index in [0.29, 0.717) is 6.04 Å². The van der Waals surface area contributed by atoms with Crippen LogP contribution in [-0.4, -0.2) is 17.0 Å². The second-order valence-electron chi connectivity index (χ2n) is 4.84. The fourth-order valence-corrected chi connectivity index (χ4v) is 4.03. The molecule has 3 rings (SSSR count). The molecule has 0 saturated carbocycles. The molecule has 0 aliphatic carbocycles. The molecule has 0 amide bonds. The van der Waals surface area contributed by atoms with Crippen molar-refractivity contribution in [1.82, 2.24) is 0 Å². The van der Waals surface area contributed by atoms with Gasteiger partial charge in [-0.05, 0) is 52.8 Å². The van der Waals surface area contributed by atoms with Gasteiger partial charge >= 0.3 is 0 Å². The summed E-state index contributed by atoms with van der Waals surface area (Å²) in [5, 5.41) is 5.02. The van der Waals surface area contributed by atoms with Crippen molar-refractivity contribution in [3.8, 4) is 0 Å². The number of nitrogens with zero attached hydrogens (tertiary/aromatic N) is 1. The minimum absolute atomic E-state index is 0.336. The van der Waals surface area contributed by atoms with Gasteiger partial charge in [-0.1, -0.05) is 53.7 Å². The molecule has 0 spiro atoms. The van der Waals surface area contributed by atoms with Gasteiger partial charge in [0.25, 0.3) is 0 Å². The van der Waals surface area contributed by atoms with E-state index >= 15 is 0 Å². The number of hydrogen-bond donors (Lipinski definition) is 1. The van der Waals surface area contributed by atoms with Gasteiger partial charge in [0.15, 0.2) is 5.17 Å². The van der Waals surface area contributed by atoms with Crippen LogP contribution in [0.25, 0.3) is 0 Å². The highest BCUT2D eigenvalue weighted by atomic mass is 127. The van der Waals surface area contributed by atoms with Crippen LogP contribution in [0.3, 0.4) is 0 Å². The van der Waals surface area contributed by atoms with Crippen LogP contribution in [0.5, 0.6) is 0 Å². The number of thioether (sulfide) groups is 1. The molecule has 2 aromatic carbocycles. The molecular formula is C16H14ClIN2S. The Balaban J connectivity index is 1.66. The molecule has 2 aromatic rings. The smallest absolute Gasteiger partial charge is 0.161 e. The summed E-state index contributed by atoms with van der Waals surface area (Å²) >= 11 is 10.3. The minimum Gasteiger partial charge on any atom is -0.334 e. The highest BCUT2D eigenvalue weighted by Gasteiger charge is 2.19. The Hall–Kier alpha value is -0.720. The van der Waals surface area contributed by atoms with Crippen LogP contribution < -0.4 is 5.32 Å². The summed E-state index contributed by atoms with van der Waals surface area (Å²) in [4.78, 5) is 4.75. The first-order chi connectivity index (χ1) is 10.2. The first-order valence-corrected chi connectivity index (χ1v) is 9.11. The third-order valence-electron chi connectivity index (χ3n) is 3.20. The van der Waals surface area contributed by atoms with Crippen molar-refractivity contribution in [3.63, 3.8) is 0 Å². The molecule has 1 heterocycles. The lowest BCUT2D eigenvalue weighted by atomic mass is 10.1. The zero-order valence-electron chi connectivity index (χ0n) is 11.2. The van der Waals surface area contributed by atoms with E-state index in [1.807, 2.05) is 24.3 Å². The Kier molecular flexibility index (Phi) is 5.08. The summed E-state index contributed by atoms with van der Waals surface area (Å²) in [6.45, 7) is 0. The second-order valence-corrected chi connectivity index (χ2v) is 7.50. The van der Waals surface area contributed by atoms with E-state index in [0.717, 1.165) is 31.6 Å². The summed E-state index contributed by atoms with van der Waals surface area (Å²) in [7, 11) is 0. The number of halogens is 2. The van der Waals surface area contributed by atoms with E-state index in [4.69, 9.17) is 16.6 Å². The molecule has 0 fully saturated rings. The van der Waals surface area contributed by atoms with Crippen molar-refractivity contribution >= 4 is 56.8 Å². The molecule has 1 unspecified atom stereocenters. The first kappa shape index (κ1) is 15.2. The Morgan fingerprint density at radius 2 is 2.05 bits per heavy atom. The molecule has 21 heavy (non-hydrogen) atoms. The van der Waals surface area contributed by atoms with Crippen LogP contribution in [0.1, 0.15) is 5.56 Å². The zero-order chi connectivity index (χ0) is 14.7. The van der Waals surface area contributed by atoms with Gasteiger partial charge in [0, 0.05) is 9.32 Å². The fourth-order valence-electron chi connectivity index (χ4n) is 2.18. The number of nitrogens with one attached hydrogen (secondary N) is 1. The van der Waals surface area contributed by atoms with Gasteiger partial charge < -0.3 is 5.32 Å². The van der Waals surface area contributed by atoms with Crippen molar-refractivity contribution in [2.75, 3.05) is 11.1 Å². The highest BCUT2D eigenvalue weighted by molar-refractivity contribution is 14.1. The lowest BCUT2D eigenvalue weighted by Crippen LogP contribution is -2.08. The standard InChI is InChI=1S/C16H14ClIN2S/c17-14-9-12(18)6-7-15(14)20-16-19-13(10-21-16)8-11-4-2-1-3-5-11/h1-7,9,13H,8,10H2,(H,19,20). The predicted octanol–water partition coefficient (Wildman–Crippen LogP) is 5.07. The highest BCUT2D eigenvalue weighted by Crippen LogP contribution is 2.27. The van der Waals surface area contributed by atoms with E-state index < -0.39 is 0 Å². The normalized spacial score (nSPS) is 17.6. The molecule has 0 bridgehead atoms. The number of hydrogen-bond acceptors (Lipinski definition) is 3. The Morgan fingerprint density at radius 3 is 2.81 bits per heavy atom. The predicted molar refractivity (Wildman–Crippen MR) is 102 cm³/mol. The monoisotopic (exact) mass is 428 g/mol. The maximum absolute atomic E-state index is 6.24. The van der Waals surface area contributed by atoms with E-state index in [2.05, 4.69) is 52.2 Å². The van der Waals surface area contributed by atoms with Crippen molar-refractivity contribution < 1.29 is 0 Å². The molecule has 0 saturated heterocycles. The SMILES string of the molecule is Clc1cc(I)ccc1NC1=NC(Cc2ccccc2)CS1. The molecule has 1 atom stereocenters. The van der Waals surface area contributed by atoms with Gasteiger partial charge in [0.1, 0.15) is 0 Å². The summed E-state index contributed by atoms with van der Waals surface area (Å²) in [6.07, 6.45) is 0.986. The molecular weight excluding hydrogens is 415 g/mol. The third-order valence-corrected chi connectivity index (χ3v) is 5.22.